The number of nitrogens with zero attached hydrogens (tertiary/aromatic N) is 2. The van der Waals surface area contributed by atoms with Gasteiger partial charge in [-0.2, -0.15) is 0 Å². The fourth-order valence-electron chi connectivity index (χ4n) is 5.22. The summed E-state index contributed by atoms with van der Waals surface area (Å²) in [6.07, 6.45) is 3.81. The molecule has 3 heterocycles. The van der Waals surface area contributed by atoms with Crippen molar-refractivity contribution in [1.82, 2.24) is 4.90 Å². The lowest BCUT2D eigenvalue weighted by molar-refractivity contribution is -0.135. The zero-order chi connectivity index (χ0) is 22.9. The largest absolute Gasteiger partial charge is 0.359 e. The Morgan fingerprint density at radius 3 is 2.22 bits per heavy atom. The molecule has 164 valence electrons. The first-order chi connectivity index (χ1) is 15.1. The molecule has 5 rings (SSSR count). The van der Waals surface area contributed by atoms with E-state index in [1.165, 1.54) is 0 Å². The van der Waals surface area contributed by atoms with Crippen LogP contribution < -0.4 is 4.90 Å². The first-order valence-electron chi connectivity index (χ1n) is 10.5. The predicted octanol–water partition coefficient (Wildman–Crippen LogP) is 5.12. The number of ketones is 1. The summed E-state index contributed by atoms with van der Waals surface area (Å²) in [6, 6.07) is 11.3. The highest BCUT2D eigenvalue weighted by Gasteiger charge is 2.65. The normalized spacial score (nSPS) is 26.3. The smallest absolute Gasteiger partial charge is 0.240 e. The minimum Gasteiger partial charge on any atom is -0.359 e. The van der Waals surface area contributed by atoms with Crippen LogP contribution in [0.2, 0.25) is 10.0 Å². The summed E-state index contributed by atoms with van der Waals surface area (Å²) in [7, 11) is 0. The maximum atomic E-state index is 13.8. The monoisotopic (exact) mass is 468 g/mol. The zero-order valence-electron chi connectivity index (χ0n) is 17.9. The maximum absolute atomic E-state index is 13.8. The number of anilines is 1. The summed E-state index contributed by atoms with van der Waals surface area (Å²) < 4.78 is 0. The number of imide groups is 1. The molecule has 0 saturated carbocycles. The molecule has 0 unspecified atom stereocenters. The molecule has 3 aliphatic rings. The lowest BCUT2D eigenvalue weighted by atomic mass is 9.79. The number of amides is 2. The average molecular weight is 469 g/mol. The van der Waals surface area contributed by atoms with Crippen LogP contribution in [-0.2, 0) is 14.4 Å². The Hall–Kier alpha value is -2.63. The molecular formula is C25H22Cl2N2O3. The first kappa shape index (κ1) is 21.2. The van der Waals surface area contributed by atoms with Gasteiger partial charge in [0.05, 0.1) is 23.6 Å². The first-order valence-corrected chi connectivity index (χ1v) is 11.3. The minimum atomic E-state index is -0.784. The molecule has 2 aromatic rings. The Labute approximate surface area is 196 Å². The fraction of sp³-hybridized carbons (Fsp3) is 0.320. The van der Waals surface area contributed by atoms with Gasteiger partial charge in [0.1, 0.15) is 6.04 Å². The number of benzene rings is 2. The fourth-order valence-corrected chi connectivity index (χ4v) is 5.74. The van der Waals surface area contributed by atoms with Crippen LogP contribution in [0.5, 0.6) is 0 Å². The number of carbonyl (C=O) groups is 3. The summed E-state index contributed by atoms with van der Waals surface area (Å²) in [6.45, 7) is 5.53. The highest BCUT2D eigenvalue weighted by Crippen LogP contribution is 2.54. The predicted molar refractivity (Wildman–Crippen MR) is 124 cm³/mol. The third kappa shape index (κ3) is 3.02. The van der Waals surface area contributed by atoms with E-state index in [0.29, 0.717) is 15.7 Å². The van der Waals surface area contributed by atoms with Crippen molar-refractivity contribution in [2.75, 3.05) is 4.90 Å². The van der Waals surface area contributed by atoms with Gasteiger partial charge in [-0.05, 0) is 35.4 Å². The molecule has 3 aliphatic heterocycles. The van der Waals surface area contributed by atoms with Crippen molar-refractivity contribution >= 4 is 52.6 Å². The van der Waals surface area contributed by atoms with E-state index in [2.05, 4.69) is 0 Å². The van der Waals surface area contributed by atoms with Crippen molar-refractivity contribution in [2.24, 2.45) is 17.3 Å². The second-order valence-electron chi connectivity index (χ2n) is 9.59. The van der Waals surface area contributed by atoms with Crippen molar-refractivity contribution < 1.29 is 14.4 Å². The average Bonchev–Trinajstić information content (AvgIpc) is 3.19. The Morgan fingerprint density at radius 1 is 0.938 bits per heavy atom. The summed E-state index contributed by atoms with van der Waals surface area (Å²) in [5.41, 5.74) is 1.59. The number of halogens is 2. The Kier molecular flexibility index (Phi) is 4.77. The van der Waals surface area contributed by atoms with E-state index in [4.69, 9.17) is 23.2 Å². The van der Waals surface area contributed by atoms with Crippen molar-refractivity contribution in [3.63, 3.8) is 0 Å². The molecule has 0 spiro atoms. The Bertz CT molecular complexity index is 1180. The van der Waals surface area contributed by atoms with E-state index in [-0.39, 0.29) is 17.6 Å². The summed E-state index contributed by atoms with van der Waals surface area (Å²) in [5.74, 6) is -2.24. The topological polar surface area (TPSA) is 57.7 Å². The number of Topliss-reactive ketones (excluding diaryl/α,β-unsaturated/α-hetero) is 1. The molecule has 0 aliphatic carbocycles. The Balaban J connectivity index is 1.68. The highest BCUT2D eigenvalue weighted by molar-refractivity contribution is 6.35. The van der Waals surface area contributed by atoms with E-state index in [1.807, 2.05) is 62.2 Å². The number of fused-ring (bicyclic) bond motifs is 5. The second kappa shape index (κ2) is 7.19. The van der Waals surface area contributed by atoms with Gasteiger partial charge in [0.15, 0.2) is 5.78 Å². The molecule has 2 saturated heterocycles. The van der Waals surface area contributed by atoms with Gasteiger partial charge in [0, 0.05) is 21.7 Å². The minimum absolute atomic E-state index is 0.0637. The number of hydrogen-bond donors (Lipinski definition) is 0. The number of carbonyl (C=O) groups excluding carboxylic acids is 3. The third-order valence-electron chi connectivity index (χ3n) is 6.57. The van der Waals surface area contributed by atoms with Crippen LogP contribution in [-0.4, -0.2) is 28.5 Å². The lowest BCUT2D eigenvalue weighted by Gasteiger charge is -2.37. The van der Waals surface area contributed by atoms with E-state index in [0.717, 1.165) is 16.0 Å². The van der Waals surface area contributed by atoms with Gasteiger partial charge in [-0.25, -0.2) is 4.90 Å². The molecule has 0 N–H and O–H groups in total. The van der Waals surface area contributed by atoms with Gasteiger partial charge < -0.3 is 4.90 Å². The molecular weight excluding hydrogens is 447 g/mol. The maximum Gasteiger partial charge on any atom is 0.240 e. The van der Waals surface area contributed by atoms with Crippen molar-refractivity contribution in [3.05, 3.63) is 69.8 Å². The van der Waals surface area contributed by atoms with Crippen LogP contribution in [0.3, 0.4) is 0 Å². The molecule has 0 aromatic heterocycles. The van der Waals surface area contributed by atoms with Gasteiger partial charge >= 0.3 is 0 Å². The van der Waals surface area contributed by atoms with Crippen molar-refractivity contribution in [2.45, 2.75) is 32.9 Å². The van der Waals surface area contributed by atoms with Gasteiger partial charge in [0.2, 0.25) is 11.8 Å². The highest BCUT2D eigenvalue weighted by atomic mass is 35.5. The Morgan fingerprint density at radius 2 is 1.56 bits per heavy atom. The van der Waals surface area contributed by atoms with E-state index >= 15 is 0 Å². The summed E-state index contributed by atoms with van der Waals surface area (Å²) >= 11 is 12.3. The van der Waals surface area contributed by atoms with Crippen LogP contribution in [0.15, 0.2) is 48.7 Å². The molecule has 5 nitrogen and oxygen atoms in total. The van der Waals surface area contributed by atoms with Crippen LogP contribution >= 0.6 is 23.2 Å². The molecule has 7 heteroatoms. The molecule has 4 atom stereocenters. The van der Waals surface area contributed by atoms with E-state index in [1.54, 1.807) is 18.2 Å². The van der Waals surface area contributed by atoms with Gasteiger partial charge in [0.25, 0.3) is 0 Å². The molecule has 0 radical (unpaired) electrons. The molecule has 0 bridgehead atoms. The molecule has 2 aromatic carbocycles. The van der Waals surface area contributed by atoms with Crippen LogP contribution in [0.25, 0.3) is 6.08 Å². The van der Waals surface area contributed by atoms with E-state index in [9.17, 15) is 14.4 Å². The number of rotatable bonds is 2. The van der Waals surface area contributed by atoms with E-state index < -0.39 is 29.3 Å². The van der Waals surface area contributed by atoms with Gasteiger partial charge in [-0.3, -0.25) is 14.4 Å². The third-order valence-corrected chi connectivity index (χ3v) is 7.01. The number of hydrogen-bond acceptors (Lipinski definition) is 4. The molecule has 2 amide bonds. The van der Waals surface area contributed by atoms with Crippen molar-refractivity contribution in [1.29, 1.82) is 0 Å². The summed E-state index contributed by atoms with van der Waals surface area (Å²) in [4.78, 5) is 44.2. The lowest BCUT2D eigenvalue weighted by Crippen LogP contribution is -2.47. The molecule has 32 heavy (non-hydrogen) atoms. The summed E-state index contributed by atoms with van der Waals surface area (Å²) in [5, 5.41) is 0.667. The van der Waals surface area contributed by atoms with Crippen LogP contribution in [0.1, 0.15) is 37.9 Å². The zero-order valence-corrected chi connectivity index (χ0v) is 19.4. The van der Waals surface area contributed by atoms with Crippen LogP contribution in [0, 0.1) is 17.3 Å². The standard InChI is InChI=1S/C25H22Cl2N2O3/c1-25(2,3)22(30)21-19-18(20-17-7-5-4-6-13(17)8-9-28(20)21)23(31)29(24(19)32)16-11-14(26)10-15(27)12-16/h4-12,18-21H,1-3H3/t18-,19+,20-,21-/m0/s1. The molecule has 2 fully saturated rings. The van der Waals surface area contributed by atoms with Gasteiger partial charge in [-0.15, -0.1) is 0 Å². The second-order valence-corrected chi connectivity index (χ2v) is 10.5. The quantitative estimate of drug-likeness (QED) is 0.573. The SMILES string of the molecule is CC(C)(C)C(=O)[C@@H]1[C@@H]2C(=O)N(c3cc(Cl)cc(Cl)c3)C(=O)[C@@H]2[C@@H]2c3ccccc3C=CN12. The van der Waals surface area contributed by atoms with Crippen molar-refractivity contribution in [3.8, 4) is 0 Å². The van der Waals surface area contributed by atoms with Gasteiger partial charge in [-0.1, -0.05) is 68.2 Å². The van der Waals surface area contributed by atoms with Crippen LogP contribution in [0.4, 0.5) is 5.69 Å².